The number of aromatic nitrogens is 4. The van der Waals surface area contributed by atoms with E-state index < -0.39 is 5.97 Å². The molecule has 17 rings (SSSR count). The Balaban J connectivity index is 0.913. The monoisotopic (exact) mass is 1860 g/mol. The fourth-order valence-electron chi connectivity index (χ4n) is 15.2. The fourth-order valence-corrected chi connectivity index (χ4v) is 18.8. The van der Waals surface area contributed by atoms with Crippen LogP contribution in [0.15, 0.2) is 231 Å². The smallest absolute Gasteiger partial charge is 0.335 e. The first-order chi connectivity index (χ1) is 58.7. The van der Waals surface area contributed by atoms with Gasteiger partial charge in [-0.25, -0.2) is 14.8 Å². The van der Waals surface area contributed by atoms with Crippen LogP contribution >= 0.6 is 139 Å². The highest BCUT2D eigenvalue weighted by Gasteiger charge is 2.36. The lowest BCUT2D eigenvalue weighted by atomic mass is 9.86. The molecule has 23 heteroatoms. The van der Waals surface area contributed by atoms with Crippen molar-refractivity contribution in [3.05, 3.63) is 319 Å². The Bertz CT molecular complexity index is 7150. The molecule has 0 saturated carbocycles. The highest BCUT2D eigenvalue weighted by atomic mass is 35.5. The van der Waals surface area contributed by atoms with E-state index in [0.717, 1.165) is 44.5 Å². The maximum Gasteiger partial charge on any atom is 0.335 e. The second kappa shape index (κ2) is 33.4. The van der Waals surface area contributed by atoms with Gasteiger partial charge >= 0.3 is 5.97 Å². The standard InChI is InChI=1S/C100H69Cl12N5O6/c1-99(2,3)56-38-34-53(35-39-56)61-21-13-16-24-72(61)122-96-88(107)80-69-49-70-81-77(85(104)93(112)97(89(81)108)123-73-25-17-14-22-62(73)54-36-40-57(41-37-54)100(4,5)6)66(116-70)47-65-76-79(87(106)95(91(110)83(76)102)121-71-23-15-12-20-60(71)52-30-32-55(33-31-52)98(118)119)68(114-65)48-67-78-74(63(113-67)46-64(115-69)75(80)84(103)92(96)111)82(101)90(109)94(86(78)105)120-59-44-28-51(29-45-59)19-11-10-18-50-26-42-58(43-27-50)117(7,8)9/h10-49H,1-9H3,(H2-,113,114,115,116,118,119)/p+1/b18-10+,19-11+,63-46?,64-46?,65-47?,66-47?,67-48?,68-48?,69-49?,70-49?. The number of aromatic amines is 2. The van der Waals surface area contributed by atoms with Gasteiger partial charge in [-0.15, -0.1) is 0 Å². The van der Waals surface area contributed by atoms with E-state index in [0.29, 0.717) is 60.4 Å². The number of rotatable bonds is 16. The molecule has 0 radical (unpaired) electrons. The van der Waals surface area contributed by atoms with Crippen molar-refractivity contribution in [2.75, 3.05) is 21.1 Å². The van der Waals surface area contributed by atoms with E-state index in [2.05, 4.69) is 121 Å². The van der Waals surface area contributed by atoms with Crippen LogP contribution in [0.1, 0.15) is 74.2 Å². The lowest BCUT2D eigenvalue weighted by Crippen LogP contribution is -2.34. The summed E-state index contributed by atoms with van der Waals surface area (Å²) in [7, 11) is 6.39. The van der Waals surface area contributed by atoms with E-state index in [9.17, 15) is 9.90 Å². The molecular weight excluding hydrogens is 1790 g/mol. The molecular formula is C100H70Cl12N5O6+. The number of fused-ring (bicyclic) bond motifs is 20. The molecule has 11 nitrogen and oxygen atoms in total. The van der Waals surface area contributed by atoms with Gasteiger partial charge in [-0.3, -0.25) is 4.48 Å². The van der Waals surface area contributed by atoms with E-state index in [1.165, 1.54) is 17.8 Å². The summed E-state index contributed by atoms with van der Waals surface area (Å²) < 4.78 is 28.3. The van der Waals surface area contributed by atoms with Crippen LogP contribution in [-0.2, 0) is 10.8 Å². The normalized spacial score (nSPS) is 12.3. The van der Waals surface area contributed by atoms with Gasteiger partial charge in [0.1, 0.15) is 48.8 Å². The number of nitrogens with one attached hydrogen (secondary N) is 2. The quantitative estimate of drug-likeness (QED) is 0.0495. The maximum absolute atomic E-state index is 12.0. The van der Waals surface area contributed by atoms with Crippen LogP contribution in [0.25, 0.3) is 134 Å². The van der Waals surface area contributed by atoms with E-state index in [1.54, 1.807) is 60.7 Å². The fraction of sp³-hybridized carbons (Fsp3) is 0.110. The average Bonchev–Trinajstić information content (AvgIpc) is 1.56. The Morgan fingerprint density at radius 2 is 0.650 bits per heavy atom. The molecule has 3 N–H and O–H groups in total. The van der Waals surface area contributed by atoms with E-state index in [-0.39, 0.29) is 166 Å². The van der Waals surface area contributed by atoms with Crippen LogP contribution in [-0.4, -0.2) is 52.2 Å². The molecule has 15 aromatic rings. The summed E-state index contributed by atoms with van der Waals surface area (Å²) in [6.45, 7) is 13.0. The van der Waals surface area contributed by atoms with Crippen LogP contribution in [0.2, 0.25) is 60.3 Å². The van der Waals surface area contributed by atoms with Gasteiger partial charge in [-0.2, -0.15) is 0 Å². The first-order valence-corrected chi connectivity index (χ1v) is 43.3. The summed E-state index contributed by atoms with van der Waals surface area (Å²) in [5.74, 6) is 0.411. The zero-order valence-electron chi connectivity index (χ0n) is 67.0. The van der Waals surface area contributed by atoms with Gasteiger partial charge < -0.3 is 34.0 Å². The van der Waals surface area contributed by atoms with Crippen LogP contribution < -0.4 is 23.4 Å². The van der Waals surface area contributed by atoms with E-state index >= 15 is 0 Å². The molecule has 3 aromatic heterocycles. The number of quaternary nitrogens is 1. The third-order valence-electron chi connectivity index (χ3n) is 21.7. The van der Waals surface area contributed by atoms with Crippen molar-refractivity contribution in [2.24, 2.45) is 0 Å². The van der Waals surface area contributed by atoms with Crippen molar-refractivity contribution in [1.82, 2.24) is 24.4 Å². The highest BCUT2D eigenvalue weighted by molar-refractivity contribution is 6.54. The number of H-pyrrole nitrogens is 2. The number of benzene rings is 12. The molecule has 0 unspecified atom stereocenters. The number of carbonyl (C=O) groups is 1. The van der Waals surface area contributed by atoms with Crippen molar-refractivity contribution >= 4 is 207 Å². The van der Waals surface area contributed by atoms with Crippen molar-refractivity contribution in [3.63, 3.8) is 0 Å². The molecule has 0 amide bonds. The first kappa shape index (κ1) is 85.1. The van der Waals surface area contributed by atoms with Gasteiger partial charge in [0, 0.05) is 60.5 Å². The van der Waals surface area contributed by atoms with Gasteiger partial charge in [0.2, 0.25) is 0 Å². The number of para-hydroxylation sites is 3. The predicted octanol–water partition coefficient (Wildman–Crippen LogP) is 34.5. The lowest BCUT2D eigenvalue weighted by Gasteiger charge is -2.23. The molecule has 614 valence electrons. The summed E-state index contributed by atoms with van der Waals surface area (Å²) in [6, 6.07) is 67.9. The lowest BCUT2D eigenvalue weighted by molar-refractivity contribution is 0.0696. The van der Waals surface area contributed by atoms with E-state index in [4.69, 9.17) is 168 Å². The molecule has 2 aliphatic heterocycles. The van der Waals surface area contributed by atoms with Gasteiger partial charge in [0.05, 0.1) is 112 Å². The molecule has 12 aromatic carbocycles. The molecule has 0 atom stereocenters. The summed E-state index contributed by atoms with van der Waals surface area (Å²) in [4.78, 5) is 30.2. The van der Waals surface area contributed by atoms with Crippen molar-refractivity contribution in [3.8, 4) is 124 Å². The third kappa shape index (κ3) is 16.1. The number of allylic oxidation sites excluding steroid dienone is 2. The molecule has 8 bridgehead atoms. The summed E-state index contributed by atoms with van der Waals surface area (Å²) in [6.07, 6.45) is 7.96. The largest absolute Gasteiger partial charge is 0.478 e. The summed E-state index contributed by atoms with van der Waals surface area (Å²) in [5.41, 5.74) is 12.8. The minimum Gasteiger partial charge on any atom is -0.478 e. The molecule has 0 aliphatic carbocycles. The molecule has 0 spiro atoms. The van der Waals surface area contributed by atoms with Gasteiger partial charge in [0.15, 0.2) is 23.0 Å². The zero-order chi connectivity index (χ0) is 86.7. The van der Waals surface area contributed by atoms with Gasteiger partial charge in [0.25, 0.3) is 0 Å². The molecule has 0 saturated heterocycles. The summed E-state index contributed by atoms with van der Waals surface area (Å²) >= 11 is 93.2. The van der Waals surface area contributed by atoms with Crippen LogP contribution in [0.3, 0.4) is 0 Å². The van der Waals surface area contributed by atoms with E-state index in [1.807, 2.05) is 121 Å². The Labute approximate surface area is 769 Å². The van der Waals surface area contributed by atoms with Crippen molar-refractivity contribution in [1.29, 1.82) is 0 Å². The highest BCUT2D eigenvalue weighted by Crippen LogP contribution is 2.60. The number of carboxylic acid groups (broad SMARTS) is 1. The number of hydrogen-bond acceptors (Lipinski definition) is 7. The Kier molecular flexibility index (Phi) is 23.1. The second-order valence-electron chi connectivity index (χ2n) is 32.7. The molecule has 0 fully saturated rings. The Morgan fingerprint density at radius 3 is 0.992 bits per heavy atom. The molecule has 2 aliphatic rings. The predicted molar refractivity (Wildman–Crippen MR) is 516 cm³/mol. The number of ether oxygens (including phenoxy) is 4. The third-order valence-corrected chi connectivity index (χ3v) is 26.5. The van der Waals surface area contributed by atoms with Crippen LogP contribution in [0.5, 0.6) is 46.0 Å². The van der Waals surface area contributed by atoms with Crippen LogP contribution in [0, 0.1) is 0 Å². The first-order valence-electron chi connectivity index (χ1n) is 38.8. The Hall–Kier alpha value is -10.1. The molecule has 5 heterocycles. The number of carboxylic acids is 1. The number of halogens is 12. The topological polar surface area (TPSA) is 132 Å². The second-order valence-corrected chi connectivity index (χ2v) is 37.2. The summed E-state index contributed by atoms with van der Waals surface area (Å²) in [5, 5.41) is 10.9. The van der Waals surface area contributed by atoms with Gasteiger partial charge in [-0.05, 0) is 141 Å². The van der Waals surface area contributed by atoms with Crippen molar-refractivity contribution < 1.29 is 28.8 Å². The van der Waals surface area contributed by atoms with Crippen molar-refractivity contribution in [2.45, 2.75) is 52.4 Å². The number of aromatic carboxylic acids is 1. The maximum atomic E-state index is 12.0. The van der Waals surface area contributed by atoms with Crippen LogP contribution in [0.4, 0.5) is 5.69 Å². The minimum atomic E-state index is -1.09. The molecule has 123 heavy (non-hydrogen) atoms. The Morgan fingerprint density at radius 1 is 0.350 bits per heavy atom. The minimum absolute atomic E-state index is 0.00200. The SMILES string of the molecule is CC(C)(C)c1ccc(-c2ccccc2Oc2c(Cl)c(Cl)c3c(c2Cl)-c2cc4[nH]c(cc5nc(cc6[nH]c(cc-3n2)c2c(Cl)c(Cl)c(Oc3ccccc3-c3ccc(C(=O)O)cc3)c(Cl)c62)-c2c(Cl)c(Oc3ccc(/C=C/C=C/c6ccc([N+](C)(C)C)cc6)cc3)c(Cl)c(Cl)c2-5)c2c(Cl)c(Cl)c(Oc3ccccc3-c3ccc(C(C)(C)C)cc3)c(Cl)c42)cc1. The number of hydrogen-bond donors (Lipinski definition) is 3. The van der Waals surface area contributed by atoms with Gasteiger partial charge in [-0.1, -0.05) is 332 Å². The average molecular weight is 1860 g/mol. The zero-order valence-corrected chi connectivity index (χ0v) is 76.0. The number of nitrogens with zero attached hydrogens (tertiary/aromatic N) is 3.